The molecule has 82 valence electrons. The van der Waals surface area contributed by atoms with Gasteiger partial charge >= 0.3 is 5.97 Å². The topological polar surface area (TPSA) is 65.0 Å². The van der Waals surface area contributed by atoms with Crippen molar-refractivity contribution in [2.24, 2.45) is 0 Å². The minimum absolute atomic E-state index is 0.440. The zero-order valence-electron chi connectivity index (χ0n) is 13.7. The third-order valence-corrected chi connectivity index (χ3v) is 1.61. The van der Waals surface area contributed by atoms with E-state index in [1.165, 1.54) is 0 Å². The summed E-state index contributed by atoms with van der Waals surface area (Å²) in [7, 11) is -3.80. The molecule has 1 rings (SSSR count). The first kappa shape index (κ1) is 5.25. The van der Waals surface area contributed by atoms with Crippen LogP contribution >= 0.6 is 0 Å². The van der Waals surface area contributed by atoms with Crippen molar-refractivity contribution in [3.05, 3.63) is 17.7 Å². The van der Waals surface area contributed by atoms with Crippen LogP contribution in [0.2, 0.25) is 0 Å². The van der Waals surface area contributed by atoms with Crippen LogP contribution in [0.5, 0.6) is 17.2 Å². The summed E-state index contributed by atoms with van der Waals surface area (Å²) in [5.74, 6) is -3.26. The molecule has 1 aromatic rings. The highest BCUT2D eigenvalue weighted by atomic mass is 16.5. The van der Waals surface area contributed by atoms with E-state index in [1.54, 1.807) is 0 Å². The van der Waals surface area contributed by atoms with Crippen molar-refractivity contribution in [3.63, 3.8) is 0 Å². The molecule has 1 N–H and O–H groups in total. The third kappa shape index (κ3) is 2.12. The van der Waals surface area contributed by atoms with Gasteiger partial charge in [-0.2, -0.15) is 0 Å². The largest absolute Gasteiger partial charge is 0.502 e. The summed E-state index contributed by atoms with van der Waals surface area (Å²) in [4.78, 5) is 11.5. The maximum atomic E-state index is 11.5. The quantitative estimate of drug-likeness (QED) is 0.772. The van der Waals surface area contributed by atoms with E-state index < -0.39 is 48.9 Å². The second kappa shape index (κ2) is 4.54. The Labute approximate surface area is 95.6 Å². The molecule has 0 atom stereocenters. The Morgan fingerprint density at radius 2 is 2.33 bits per heavy atom. The van der Waals surface area contributed by atoms with Crippen molar-refractivity contribution in [1.29, 1.82) is 0 Å². The summed E-state index contributed by atoms with van der Waals surface area (Å²) < 4.78 is 56.1. The van der Waals surface area contributed by atoms with Gasteiger partial charge in [-0.3, -0.25) is 0 Å². The molecule has 0 aliphatic carbocycles. The van der Waals surface area contributed by atoms with Gasteiger partial charge in [0.15, 0.2) is 11.5 Å². The van der Waals surface area contributed by atoms with E-state index in [4.69, 9.17) is 8.22 Å². The molecule has 0 aliphatic heterocycles. The monoisotopic (exact) mass is 218 g/mol. The number of methoxy groups -OCH3 is 3. The van der Waals surface area contributed by atoms with Crippen LogP contribution in [-0.4, -0.2) is 32.3 Å². The predicted molar refractivity (Wildman–Crippen MR) is 52.6 cm³/mol. The molecule has 0 aliphatic rings. The number of esters is 1. The lowest BCUT2D eigenvalue weighted by atomic mass is 10.2. The highest BCUT2D eigenvalue weighted by molar-refractivity contribution is 5.91. The van der Waals surface area contributed by atoms with Crippen molar-refractivity contribution in [2.45, 2.75) is 0 Å². The Kier molecular flexibility index (Phi) is 1.59. The molecule has 0 amide bonds. The van der Waals surface area contributed by atoms with Crippen LogP contribution in [0.3, 0.4) is 0 Å². The van der Waals surface area contributed by atoms with E-state index in [9.17, 15) is 9.90 Å². The van der Waals surface area contributed by atoms with Gasteiger partial charge in [-0.05, 0) is 12.1 Å². The third-order valence-electron chi connectivity index (χ3n) is 1.61. The summed E-state index contributed by atoms with van der Waals surface area (Å²) in [5.41, 5.74) is -0.440. The van der Waals surface area contributed by atoms with E-state index in [0.29, 0.717) is 0 Å². The van der Waals surface area contributed by atoms with Gasteiger partial charge in [0, 0.05) is 0 Å². The lowest BCUT2D eigenvalue weighted by molar-refractivity contribution is 0.0600. The molecular weight excluding hydrogens is 200 g/mol. The second-order valence-corrected chi connectivity index (χ2v) is 2.44. The van der Waals surface area contributed by atoms with Crippen molar-refractivity contribution < 1.29 is 32.3 Å². The van der Waals surface area contributed by atoms with E-state index >= 15 is 0 Å². The fourth-order valence-corrected chi connectivity index (χ4v) is 0.913. The number of phenolic OH excluding ortho intramolecular Hbond substituents is 1. The molecule has 0 fully saturated rings. The normalized spacial score (nSPS) is 16.4. The average molecular weight is 218 g/mol. The van der Waals surface area contributed by atoms with Crippen LogP contribution in [-0.2, 0) is 4.74 Å². The summed E-state index contributed by atoms with van der Waals surface area (Å²) in [6, 6.07) is 0.153. The smallest absolute Gasteiger partial charge is 0.338 e. The van der Waals surface area contributed by atoms with Gasteiger partial charge in [0.05, 0.1) is 35.0 Å². The fraction of sp³-hybridized carbons (Fsp3) is 0.300. The number of carbonyl (C=O) groups is 1. The average Bonchev–Trinajstić information content (AvgIpc) is 2.35. The van der Waals surface area contributed by atoms with E-state index in [0.717, 1.165) is 13.2 Å². The number of hydrogen-bond donors (Lipinski definition) is 1. The van der Waals surface area contributed by atoms with Crippen molar-refractivity contribution >= 4 is 5.97 Å². The Morgan fingerprint density at radius 1 is 1.53 bits per heavy atom. The van der Waals surface area contributed by atoms with Crippen LogP contribution in [0.15, 0.2) is 12.1 Å². The van der Waals surface area contributed by atoms with E-state index in [2.05, 4.69) is 14.2 Å². The van der Waals surface area contributed by atoms with Gasteiger partial charge in [0.2, 0.25) is 5.75 Å². The molecule has 0 unspecified atom stereocenters. The highest BCUT2D eigenvalue weighted by Gasteiger charge is 2.15. The van der Waals surface area contributed by atoms with Crippen molar-refractivity contribution in [2.75, 3.05) is 21.2 Å². The number of ether oxygens (including phenoxy) is 3. The number of rotatable bonds is 3. The zero-order chi connectivity index (χ0) is 16.4. The molecule has 0 saturated heterocycles. The second-order valence-electron chi connectivity index (χ2n) is 2.44. The minimum atomic E-state index is -2.99. The van der Waals surface area contributed by atoms with Crippen molar-refractivity contribution in [3.8, 4) is 17.2 Å². The standard InChI is InChI=1S/C10H12O5/c1-13-7-4-6(10(12)15-3)5-8(14-2)9(7)11/h4-5,11H,1-3H3/i1D2,2D3,5D. The molecule has 0 spiro atoms. The van der Waals surface area contributed by atoms with Gasteiger partial charge in [-0.25, -0.2) is 4.79 Å². The molecule has 15 heavy (non-hydrogen) atoms. The van der Waals surface area contributed by atoms with Crippen LogP contribution in [0.4, 0.5) is 0 Å². The lowest BCUT2D eigenvalue weighted by Gasteiger charge is -2.09. The molecule has 0 saturated carbocycles. The van der Waals surface area contributed by atoms with Gasteiger partial charge in [-0.1, -0.05) is 0 Å². The number of benzene rings is 1. The van der Waals surface area contributed by atoms with E-state index in [-0.39, 0.29) is 0 Å². The Bertz CT molecular complexity index is 542. The van der Waals surface area contributed by atoms with E-state index in [1.807, 2.05) is 0 Å². The first-order valence-electron chi connectivity index (χ1n) is 6.87. The Morgan fingerprint density at radius 3 is 2.93 bits per heavy atom. The summed E-state index contributed by atoms with van der Waals surface area (Å²) >= 11 is 0. The maximum Gasteiger partial charge on any atom is 0.338 e. The summed E-state index contributed by atoms with van der Waals surface area (Å²) in [6.07, 6.45) is 0. The molecule has 0 aromatic heterocycles. The molecule has 0 heterocycles. The van der Waals surface area contributed by atoms with Gasteiger partial charge in [0.25, 0.3) is 0 Å². The maximum absolute atomic E-state index is 11.5. The predicted octanol–water partition coefficient (Wildman–Crippen LogP) is 1.20. The van der Waals surface area contributed by atoms with Gasteiger partial charge < -0.3 is 19.3 Å². The van der Waals surface area contributed by atoms with Gasteiger partial charge in [-0.15, -0.1) is 0 Å². The summed E-state index contributed by atoms with van der Waals surface area (Å²) in [5, 5.41) is 9.82. The van der Waals surface area contributed by atoms with Crippen molar-refractivity contribution in [1.82, 2.24) is 0 Å². The SMILES string of the molecule is [2H]c1c(C(=O)OC)cc(OC([2H])[2H])c(O)c1OC([2H])([2H])[2H]. The number of hydrogen-bond acceptors (Lipinski definition) is 5. The molecule has 1 aromatic carbocycles. The molecular formula is C10H12O5. The lowest BCUT2D eigenvalue weighted by Crippen LogP contribution is -2.02. The van der Waals surface area contributed by atoms with Gasteiger partial charge in [0.1, 0.15) is 0 Å². The minimum Gasteiger partial charge on any atom is -0.502 e. The van der Waals surface area contributed by atoms with Crippen LogP contribution in [0.1, 0.15) is 18.6 Å². The van der Waals surface area contributed by atoms with Crippen LogP contribution in [0.25, 0.3) is 0 Å². The number of carbonyl (C=O) groups excluding carboxylic acids is 1. The number of aromatic hydroxyl groups is 1. The highest BCUT2D eigenvalue weighted by Crippen LogP contribution is 2.37. The molecule has 0 bridgehead atoms. The molecule has 5 heteroatoms. The molecule has 5 nitrogen and oxygen atoms in total. The summed E-state index contributed by atoms with van der Waals surface area (Å²) in [6.45, 7) is 0. The number of phenols is 1. The van der Waals surface area contributed by atoms with Crippen LogP contribution < -0.4 is 9.47 Å². The fourth-order valence-electron chi connectivity index (χ4n) is 0.913. The molecule has 0 radical (unpaired) electrons. The first-order valence-corrected chi connectivity index (χ1v) is 3.72. The van der Waals surface area contributed by atoms with Crippen LogP contribution in [0, 0.1) is 0 Å². The zero-order valence-corrected chi connectivity index (χ0v) is 7.73. The Hall–Kier alpha value is -1.91. The Balaban J connectivity index is 3.48. The first-order chi connectivity index (χ1) is 9.56.